The maximum Gasteiger partial charge on any atom is 0.243 e. The van der Waals surface area contributed by atoms with Crippen LogP contribution in [0.3, 0.4) is 0 Å². The number of hydrogen-bond acceptors (Lipinski definition) is 4. The van der Waals surface area contributed by atoms with Gasteiger partial charge in [-0.3, -0.25) is 9.59 Å². The summed E-state index contributed by atoms with van der Waals surface area (Å²) in [5.41, 5.74) is 2.85. The highest BCUT2D eigenvalue weighted by Crippen LogP contribution is 2.18. The third-order valence-corrected chi connectivity index (χ3v) is 7.24. The Labute approximate surface area is 191 Å². The number of aryl methyl sites for hydroxylation is 2. The number of likely N-dealkylation sites (N-methyl/N-ethyl adjacent to an activating group) is 2. The molecule has 0 heterocycles. The summed E-state index contributed by atoms with van der Waals surface area (Å²) >= 11 is 0. The van der Waals surface area contributed by atoms with Crippen molar-refractivity contribution in [2.45, 2.75) is 51.6 Å². The Bertz CT molecular complexity index is 1040. The van der Waals surface area contributed by atoms with Crippen LogP contribution in [0.2, 0.25) is 0 Å². The van der Waals surface area contributed by atoms with Gasteiger partial charge >= 0.3 is 0 Å². The van der Waals surface area contributed by atoms with Gasteiger partial charge in [-0.15, -0.1) is 0 Å². The first kappa shape index (κ1) is 25.5. The van der Waals surface area contributed by atoms with E-state index < -0.39 is 22.0 Å². The average Bonchev–Trinajstić information content (AvgIpc) is 2.75. The monoisotopic (exact) mass is 459 g/mol. The number of hydrogen-bond donors (Lipinski definition) is 1. The summed E-state index contributed by atoms with van der Waals surface area (Å²) in [5, 5.41) is 2.78. The van der Waals surface area contributed by atoms with Crippen LogP contribution < -0.4 is 5.32 Å². The van der Waals surface area contributed by atoms with E-state index in [0.29, 0.717) is 13.0 Å². The van der Waals surface area contributed by atoms with Crippen molar-refractivity contribution >= 4 is 21.8 Å². The van der Waals surface area contributed by atoms with Gasteiger partial charge in [-0.05, 0) is 50.5 Å². The van der Waals surface area contributed by atoms with Crippen LogP contribution in [-0.2, 0) is 26.2 Å². The third kappa shape index (κ3) is 6.17. The van der Waals surface area contributed by atoms with Gasteiger partial charge < -0.3 is 10.2 Å². The van der Waals surface area contributed by atoms with E-state index in [4.69, 9.17) is 0 Å². The van der Waals surface area contributed by atoms with E-state index in [-0.39, 0.29) is 23.9 Å². The number of nitrogens with one attached hydrogen (secondary N) is 1. The molecule has 1 N–H and O–H groups in total. The fourth-order valence-corrected chi connectivity index (χ4v) is 4.56. The van der Waals surface area contributed by atoms with Gasteiger partial charge in [0.05, 0.1) is 11.4 Å². The summed E-state index contributed by atoms with van der Waals surface area (Å²) in [4.78, 5) is 27.7. The maximum absolute atomic E-state index is 13.4. The summed E-state index contributed by atoms with van der Waals surface area (Å²) in [6, 6.07) is 13.4. The third-order valence-electron chi connectivity index (χ3n) is 5.43. The Morgan fingerprint density at radius 1 is 1.00 bits per heavy atom. The van der Waals surface area contributed by atoms with E-state index in [9.17, 15) is 18.0 Å². The molecule has 2 aromatic carbocycles. The van der Waals surface area contributed by atoms with Crippen molar-refractivity contribution < 1.29 is 18.0 Å². The minimum Gasteiger partial charge on any atom is -0.355 e. The number of benzene rings is 2. The molecule has 2 rings (SSSR count). The number of rotatable bonds is 10. The van der Waals surface area contributed by atoms with Gasteiger partial charge in [0.25, 0.3) is 0 Å². The van der Waals surface area contributed by atoms with Crippen molar-refractivity contribution in [1.82, 2.24) is 14.5 Å². The summed E-state index contributed by atoms with van der Waals surface area (Å²) in [5.74, 6) is -0.675. The van der Waals surface area contributed by atoms with Gasteiger partial charge in [0.15, 0.2) is 0 Å². The smallest absolute Gasteiger partial charge is 0.243 e. The molecular weight excluding hydrogens is 426 g/mol. The van der Waals surface area contributed by atoms with Crippen molar-refractivity contribution in [1.29, 1.82) is 0 Å². The highest BCUT2D eigenvalue weighted by atomic mass is 32.2. The minimum absolute atomic E-state index is 0.125. The van der Waals surface area contributed by atoms with Gasteiger partial charge in [0.1, 0.15) is 6.04 Å². The lowest BCUT2D eigenvalue weighted by Gasteiger charge is -2.32. The fourth-order valence-electron chi connectivity index (χ4n) is 3.44. The summed E-state index contributed by atoms with van der Waals surface area (Å²) < 4.78 is 27.0. The van der Waals surface area contributed by atoms with Gasteiger partial charge in [-0.25, -0.2) is 8.42 Å². The molecule has 0 unspecified atom stereocenters. The first-order chi connectivity index (χ1) is 15.1. The highest BCUT2D eigenvalue weighted by Gasteiger charge is 2.31. The molecule has 1 atom stereocenters. The normalized spacial score (nSPS) is 12.4. The number of carbonyl (C=O) groups excluding carboxylic acids is 2. The topological polar surface area (TPSA) is 86.8 Å². The molecule has 0 bridgehead atoms. The molecule has 0 saturated carbocycles. The van der Waals surface area contributed by atoms with Crippen LogP contribution in [0, 0.1) is 13.8 Å². The molecule has 0 spiro atoms. The summed E-state index contributed by atoms with van der Waals surface area (Å²) in [6.07, 6.45) is 0.415. The second-order valence-electron chi connectivity index (χ2n) is 7.84. The van der Waals surface area contributed by atoms with Crippen LogP contribution in [-0.4, -0.2) is 55.6 Å². The zero-order valence-corrected chi connectivity index (χ0v) is 20.3. The van der Waals surface area contributed by atoms with Crippen LogP contribution in [0.5, 0.6) is 0 Å². The Hall–Kier alpha value is -2.71. The molecular formula is C24H33N3O4S. The predicted molar refractivity (Wildman–Crippen MR) is 125 cm³/mol. The van der Waals surface area contributed by atoms with E-state index >= 15 is 0 Å². The largest absolute Gasteiger partial charge is 0.355 e. The molecule has 8 heteroatoms. The molecule has 0 aliphatic rings. The maximum atomic E-state index is 13.4. The quantitative estimate of drug-likeness (QED) is 0.592. The van der Waals surface area contributed by atoms with Crippen LogP contribution >= 0.6 is 0 Å². The second kappa shape index (κ2) is 11.2. The van der Waals surface area contributed by atoms with Crippen LogP contribution in [0.4, 0.5) is 0 Å². The highest BCUT2D eigenvalue weighted by molar-refractivity contribution is 7.89. The summed E-state index contributed by atoms with van der Waals surface area (Å²) in [7, 11) is -2.46. The van der Waals surface area contributed by atoms with Crippen molar-refractivity contribution in [2.75, 3.05) is 20.1 Å². The molecule has 0 aromatic heterocycles. The molecule has 174 valence electrons. The van der Waals surface area contributed by atoms with E-state index in [1.165, 1.54) is 24.1 Å². The molecule has 7 nitrogen and oxygen atoms in total. The number of sulfonamides is 1. The lowest BCUT2D eigenvalue weighted by molar-refractivity contribution is -0.141. The minimum atomic E-state index is -3.84. The Morgan fingerprint density at radius 2 is 1.62 bits per heavy atom. The Morgan fingerprint density at radius 3 is 2.19 bits per heavy atom. The molecule has 0 fully saturated rings. The zero-order chi connectivity index (χ0) is 23.9. The molecule has 0 radical (unpaired) electrons. The number of nitrogens with zero attached hydrogens (tertiary/aromatic N) is 2. The van der Waals surface area contributed by atoms with E-state index in [2.05, 4.69) is 5.32 Å². The SMILES string of the molecule is CCNC(=O)[C@H](CC)N(Cc1ccccc1C)C(=O)CN(C)S(=O)(=O)c1ccc(C)cc1. The number of amides is 2. The Kier molecular flexibility index (Phi) is 8.98. The molecule has 0 saturated heterocycles. The zero-order valence-electron chi connectivity index (χ0n) is 19.5. The van der Waals surface area contributed by atoms with Gasteiger partial charge in [-0.2, -0.15) is 4.31 Å². The molecule has 0 aliphatic carbocycles. The van der Waals surface area contributed by atoms with Crippen molar-refractivity contribution in [3.05, 3.63) is 65.2 Å². The van der Waals surface area contributed by atoms with Crippen LogP contribution in [0.25, 0.3) is 0 Å². The van der Waals surface area contributed by atoms with Gasteiger partial charge in [0, 0.05) is 20.1 Å². The molecule has 32 heavy (non-hydrogen) atoms. The van der Waals surface area contributed by atoms with Crippen molar-refractivity contribution in [3.8, 4) is 0 Å². The second-order valence-corrected chi connectivity index (χ2v) is 9.89. The van der Waals surface area contributed by atoms with E-state index in [1.807, 2.05) is 52.0 Å². The Balaban J connectivity index is 2.33. The van der Waals surface area contributed by atoms with Crippen LogP contribution in [0.15, 0.2) is 53.4 Å². The van der Waals surface area contributed by atoms with E-state index in [0.717, 1.165) is 21.0 Å². The first-order valence-corrected chi connectivity index (χ1v) is 12.2. The molecule has 2 aromatic rings. The average molecular weight is 460 g/mol. The standard InChI is InChI=1S/C24H33N3O4S/c1-6-22(24(29)25-7-2)27(16-20-11-9-8-10-19(20)4)23(28)17-26(5)32(30,31)21-14-12-18(3)13-15-21/h8-15,22H,6-7,16-17H2,1-5H3,(H,25,29)/t22-/m0/s1. The lowest BCUT2D eigenvalue weighted by atomic mass is 10.1. The van der Waals surface area contributed by atoms with Crippen molar-refractivity contribution in [3.63, 3.8) is 0 Å². The first-order valence-electron chi connectivity index (χ1n) is 10.8. The predicted octanol–water partition coefficient (Wildman–Crippen LogP) is 2.87. The van der Waals surface area contributed by atoms with Gasteiger partial charge in [0.2, 0.25) is 21.8 Å². The van der Waals surface area contributed by atoms with Crippen LogP contribution in [0.1, 0.15) is 37.0 Å². The van der Waals surface area contributed by atoms with E-state index in [1.54, 1.807) is 12.1 Å². The van der Waals surface area contributed by atoms with Crippen molar-refractivity contribution in [2.24, 2.45) is 0 Å². The molecule has 2 amide bonds. The fraction of sp³-hybridized carbons (Fsp3) is 0.417. The summed E-state index contributed by atoms with van der Waals surface area (Å²) in [6.45, 7) is 7.78. The van der Waals surface area contributed by atoms with Gasteiger partial charge in [-0.1, -0.05) is 48.9 Å². The molecule has 0 aliphatic heterocycles. The lowest BCUT2D eigenvalue weighted by Crippen LogP contribution is -2.51. The number of carbonyl (C=O) groups is 2.